The van der Waals surface area contributed by atoms with E-state index in [1.54, 1.807) is 36.4 Å². The van der Waals surface area contributed by atoms with Crippen LogP contribution >= 0.6 is 15.9 Å². The van der Waals surface area contributed by atoms with Gasteiger partial charge < -0.3 is 14.1 Å². The van der Waals surface area contributed by atoms with Gasteiger partial charge in [0.15, 0.2) is 5.75 Å². The summed E-state index contributed by atoms with van der Waals surface area (Å²) in [4.78, 5) is 14.9. The first-order chi connectivity index (χ1) is 12.4. The van der Waals surface area contributed by atoms with Gasteiger partial charge in [0.05, 0.1) is 15.7 Å². The van der Waals surface area contributed by atoms with Gasteiger partial charge in [-0.15, -0.1) is 0 Å². The minimum atomic E-state index is -3.99. The highest BCUT2D eigenvalue weighted by atomic mass is 79.9. The second kappa shape index (κ2) is 7.53. The van der Waals surface area contributed by atoms with Crippen molar-refractivity contribution in [3.8, 4) is 5.75 Å². The highest BCUT2D eigenvalue weighted by Gasteiger charge is 2.19. The van der Waals surface area contributed by atoms with E-state index in [-0.39, 0.29) is 17.1 Å². The molecule has 8 heteroatoms. The summed E-state index contributed by atoms with van der Waals surface area (Å²) in [6, 6.07) is 14.3. The molecule has 2 aromatic carbocycles. The lowest BCUT2D eigenvalue weighted by atomic mass is 10.1. The Hall–Kier alpha value is -2.29. The molecule has 6 nitrogen and oxygen atoms in total. The average Bonchev–Trinajstić information content (AvgIpc) is 2.65. The summed E-state index contributed by atoms with van der Waals surface area (Å²) in [5.74, 6) is 0.0795. The lowest BCUT2D eigenvalue weighted by molar-refractivity contribution is -0.109. The first-order valence-electron chi connectivity index (χ1n) is 7.63. The first kappa shape index (κ1) is 18.5. The maximum atomic E-state index is 12.4. The van der Waals surface area contributed by atoms with Crippen molar-refractivity contribution >= 4 is 43.2 Å². The zero-order valence-electron chi connectivity index (χ0n) is 13.4. The molecule has 0 fully saturated rings. The number of benzene rings is 2. The van der Waals surface area contributed by atoms with Gasteiger partial charge in [0.1, 0.15) is 17.3 Å². The Morgan fingerprint density at radius 3 is 2.50 bits per heavy atom. The van der Waals surface area contributed by atoms with Gasteiger partial charge >= 0.3 is 10.1 Å². The first-order valence-corrected chi connectivity index (χ1v) is 9.83. The molecule has 0 spiro atoms. The lowest BCUT2D eigenvalue weighted by Crippen LogP contribution is -2.10. The normalized spacial score (nSPS) is 12.7. The zero-order valence-corrected chi connectivity index (χ0v) is 15.8. The number of carbonyl (C=O) groups is 1. The number of pyridine rings is 1. The van der Waals surface area contributed by atoms with Crippen LogP contribution in [0.4, 0.5) is 0 Å². The molecular weight excluding hydrogens is 422 g/mol. The Labute approximate surface area is 158 Å². The third-order valence-electron chi connectivity index (χ3n) is 3.68. The number of aromatic nitrogens is 1. The summed E-state index contributed by atoms with van der Waals surface area (Å²) in [7, 11) is -3.99. The minimum Gasteiger partial charge on any atom is -0.386 e. The molecular formula is C18H14BrNO5S. The monoisotopic (exact) mass is 435 g/mol. The molecule has 1 N–H and O–H groups in total. The second-order valence-electron chi connectivity index (χ2n) is 5.45. The molecule has 0 radical (unpaired) electrons. The number of hydrogen-bond acceptors (Lipinski definition) is 6. The largest absolute Gasteiger partial charge is 0.386 e. The maximum Gasteiger partial charge on any atom is 0.339 e. The minimum absolute atomic E-state index is 0.0371. The molecule has 3 rings (SSSR count). The van der Waals surface area contributed by atoms with Gasteiger partial charge in [-0.2, -0.15) is 8.42 Å². The van der Waals surface area contributed by atoms with Gasteiger partial charge in [-0.3, -0.25) is 0 Å². The molecule has 0 saturated carbocycles. The quantitative estimate of drug-likeness (QED) is 0.471. The maximum absolute atomic E-state index is 12.4. The summed E-state index contributed by atoms with van der Waals surface area (Å²) in [6.07, 6.45) is -0.492. The van der Waals surface area contributed by atoms with Gasteiger partial charge in [-0.1, -0.05) is 24.3 Å². The summed E-state index contributed by atoms with van der Waals surface area (Å²) >= 11 is 3.33. The molecule has 134 valence electrons. The van der Waals surface area contributed by atoms with Crippen molar-refractivity contribution < 1.29 is 22.5 Å². The van der Waals surface area contributed by atoms with E-state index >= 15 is 0 Å². The van der Waals surface area contributed by atoms with Crippen LogP contribution in [0.3, 0.4) is 0 Å². The standard InChI is InChI=1S/C18H14BrNO5S/c19-17-16(25-26(23,24)13-4-2-1-3-5-13)9-7-12-6-8-14(20-18(12)17)15(22)10-11-21/h1-9,11,15,22H,10H2. The highest BCUT2D eigenvalue weighted by molar-refractivity contribution is 9.10. The molecule has 1 aromatic heterocycles. The Morgan fingerprint density at radius 2 is 1.81 bits per heavy atom. The van der Waals surface area contributed by atoms with E-state index < -0.39 is 16.2 Å². The van der Waals surface area contributed by atoms with Crippen LogP contribution in [-0.2, 0) is 14.9 Å². The fraction of sp³-hybridized carbons (Fsp3) is 0.111. The topological polar surface area (TPSA) is 93.6 Å². The summed E-state index contributed by atoms with van der Waals surface area (Å²) < 4.78 is 30.4. The van der Waals surface area contributed by atoms with Crippen LogP contribution in [-0.4, -0.2) is 24.8 Å². The van der Waals surface area contributed by atoms with Crippen molar-refractivity contribution in [1.82, 2.24) is 4.98 Å². The number of aliphatic hydroxyl groups is 1. The Bertz CT molecular complexity index is 1050. The lowest BCUT2D eigenvalue weighted by Gasteiger charge is -2.12. The van der Waals surface area contributed by atoms with E-state index in [4.69, 9.17) is 4.18 Å². The van der Waals surface area contributed by atoms with Gasteiger partial charge in [-0.05, 0) is 46.3 Å². The van der Waals surface area contributed by atoms with E-state index in [1.807, 2.05) is 0 Å². The van der Waals surface area contributed by atoms with Gasteiger partial charge in [-0.25, -0.2) is 4.98 Å². The second-order valence-corrected chi connectivity index (χ2v) is 7.79. The molecule has 0 aliphatic carbocycles. The Kier molecular flexibility index (Phi) is 5.36. The van der Waals surface area contributed by atoms with Crippen LogP contribution in [0.15, 0.2) is 64.0 Å². The van der Waals surface area contributed by atoms with Crippen molar-refractivity contribution in [3.63, 3.8) is 0 Å². The van der Waals surface area contributed by atoms with E-state index in [2.05, 4.69) is 20.9 Å². The van der Waals surface area contributed by atoms with Crippen molar-refractivity contribution in [1.29, 1.82) is 0 Å². The summed E-state index contributed by atoms with van der Waals surface area (Å²) in [5, 5.41) is 10.7. The van der Waals surface area contributed by atoms with Crippen molar-refractivity contribution in [2.24, 2.45) is 0 Å². The summed E-state index contributed by atoms with van der Waals surface area (Å²) in [5.41, 5.74) is 0.738. The molecule has 0 aliphatic heterocycles. The Balaban J connectivity index is 2.02. The smallest absolute Gasteiger partial charge is 0.339 e. The third kappa shape index (κ3) is 3.77. The summed E-state index contributed by atoms with van der Waals surface area (Å²) in [6.45, 7) is 0. The number of carbonyl (C=O) groups excluding carboxylic acids is 1. The molecule has 0 bridgehead atoms. The van der Waals surface area contributed by atoms with Gasteiger partial charge in [0.2, 0.25) is 0 Å². The number of halogens is 1. The number of nitrogens with zero attached hydrogens (tertiary/aromatic N) is 1. The number of aldehydes is 1. The molecule has 0 amide bonds. The van der Waals surface area contributed by atoms with Crippen molar-refractivity contribution in [2.75, 3.05) is 0 Å². The molecule has 3 aromatic rings. The van der Waals surface area contributed by atoms with E-state index in [0.29, 0.717) is 22.0 Å². The fourth-order valence-corrected chi connectivity index (χ4v) is 3.97. The zero-order chi connectivity index (χ0) is 18.7. The SMILES string of the molecule is O=CCC(O)c1ccc2ccc(OS(=O)(=O)c3ccccc3)c(Br)c2n1. The number of fused-ring (bicyclic) bond motifs is 1. The number of rotatable bonds is 6. The van der Waals surface area contributed by atoms with E-state index in [0.717, 1.165) is 5.39 Å². The predicted octanol–water partition coefficient (Wildman–Crippen LogP) is 3.39. The van der Waals surface area contributed by atoms with Crippen LogP contribution in [0.2, 0.25) is 0 Å². The Morgan fingerprint density at radius 1 is 1.12 bits per heavy atom. The molecule has 0 aliphatic rings. The molecule has 26 heavy (non-hydrogen) atoms. The van der Waals surface area contributed by atoms with Gasteiger partial charge in [0.25, 0.3) is 0 Å². The van der Waals surface area contributed by atoms with Crippen molar-refractivity contribution in [3.05, 3.63) is 64.8 Å². The van der Waals surface area contributed by atoms with Crippen LogP contribution in [0.1, 0.15) is 18.2 Å². The number of aliphatic hydroxyl groups excluding tert-OH is 1. The molecule has 1 heterocycles. The van der Waals surface area contributed by atoms with Crippen LogP contribution in [0, 0.1) is 0 Å². The average molecular weight is 436 g/mol. The van der Waals surface area contributed by atoms with E-state index in [1.165, 1.54) is 18.2 Å². The van der Waals surface area contributed by atoms with Crippen LogP contribution in [0.25, 0.3) is 10.9 Å². The van der Waals surface area contributed by atoms with E-state index in [9.17, 15) is 18.3 Å². The number of hydrogen-bond donors (Lipinski definition) is 1. The molecule has 0 saturated heterocycles. The molecule has 1 unspecified atom stereocenters. The third-order valence-corrected chi connectivity index (χ3v) is 5.69. The van der Waals surface area contributed by atoms with Gasteiger partial charge in [0, 0.05) is 11.8 Å². The predicted molar refractivity (Wildman–Crippen MR) is 99.3 cm³/mol. The van der Waals surface area contributed by atoms with Crippen molar-refractivity contribution in [2.45, 2.75) is 17.4 Å². The van der Waals surface area contributed by atoms with Crippen LogP contribution in [0.5, 0.6) is 5.75 Å². The fourth-order valence-electron chi connectivity index (χ4n) is 2.37. The highest BCUT2D eigenvalue weighted by Crippen LogP contribution is 2.34. The molecule has 1 atom stereocenters. The van der Waals surface area contributed by atoms with Crippen LogP contribution < -0.4 is 4.18 Å².